The predicted octanol–water partition coefficient (Wildman–Crippen LogP) is 1.72. The molecule has 6 heteroatoms. The first-order valence-electron chi connectivity index (χ1n) is 6.76. The smallest absolute Gasteiger partial charge is 0.225 e. The van der Waals surface area contributed by atoms with Crippen LogP contribution < -0.4 is 4.90 Å². The minimum Gasteiger partial charge on any atom is -0.341 e. The first-order valence-corrected chi connectivity index (χ1v) is 7.14. The average Bonchev–Trinajstić information content (AvgIpc) is 2.86. The molecule has 0 spiro atoms. The number of hydrogen-bond donors (Lipinski definition) is 0. The maximum absolute atomic E-state index is 11.7. The highest BCUT2D eigenvalue weighted by Crippen LogP contribution is 2.23. The van der Waals surface area contributed by atoms with Crippen LogP contribution in [0.15, 0.2) is 12.4 Å². The fraction of sp³-hybridized carbons (Fsp3) is 0.615. The molecule has 1 aromatic rings. The SMILES string of the molecule is O=C1CCCN1C1CCN(c2ncc(Cl)cn2)CC1. The Kier molecular flexibility index (Phi) is 3.55. The van der Waals surface area contributed by atoms with Crippen LogP contribution in [0.3, 0.4) is 0 Å². The van der Waals surface area contributed by atoms with E-state index in [1.165, 1.54) is 0 Å². The third kappa shape index (κ3) is 2.66. The first-order chi connectivity index (χ1) is 9.24. The van der Waals surface area contributed by atoms with Gasteiger partial charge in [0.15, 0.2) is 0 Å². The summed E-state index contributed by atoms with van der Waals surface area (Å²) in [6.45, 7) is 2.73. The Labute approximate surface area is 117 Å². The van der Waals surface area contributed by atoms with Crippen LogP contribution in [-0.4, -0.2) is 46.5 Å². The van der Waals surface area contributed by atoms with E-state index in [1.807, 2.05) is 0 Å². The molecule has 1 amide bonds. The van der Waals surface area contributed by atoms with Crippen LogP contribution in [0.1, 0.15) is 25.7 Å². The van der Waals surface area contributed by atoms with Gasteiger partial charge in [-0.25, -0.2) is 9.97 Å². The van der Waals surface area contributed by atoms with Crippen molar-refractivity contribution >= 4 is 23.5 Å². The number of halogens is 1. The number of carbonyl (C=O) groups excluding carboxylic acids is 1. The Bertz CT molecular complexity index is 456. The molecule has 2 aliphatic rings. The molecular weight excluding hydrogens is 264 g/mol. The Hall–Kier alpha value is -1.36. The molecule has 0 aromatic carbocycles. The fourth-order valence-corrected chi connectivity index (χ4v) is 3.00. The molecule has 0 aliphatic carbocycles. The molecule has 0 N–H and O–H groups in total. The lowest BCUT2D eigenvalue weighted by molar-refractivity contribution is -0.130. The van der Waals surface area contributed by atoms with Crippen molar-refractivity contribution in [2.24, 2.45) is 0 Å². The number of amides is 1. The maximum atomic E-state index is 11.7. The molecule has 2 saturated heterocycles. The van der Waals surface area contributed by atoms with E-state index < -0.39 is 0 Å². The molecular formula is C13H17ClN4O. The molecule has 2 fully saturated rings. The molecule has 3 rings (SSSR count). The van der Waals surface area contributed by atoms with E-state index in [2.05, 4.69) is 19.8 Å². The monoisotopic (exact) mass is 280 g/mol. The Morgan fingerprint density at radius 2 is 1.84 bits per heavy atom. The topological polar surface area (TPSA) is 49.3 Å². The first kappa shape index (κ1) is 12.7. The lowest BCUT2D eigenvalue weighted by Crippen LogP contribution is -2.45. The fourth-order valence-electron chi connectivity index (χ4n) is 2.90. The number of hydrogen-bond acceptors (Lipinski definition) is 4. The zero-order valence-electron chi connectivity index (χ0n) is 10.8. The number of aromatic nitrogens is 2. The summed E-state index contributed by atoms with van der Waals surface area (Å²) in [6, 6.07) is 0.401. The Morgan fingerprint density at radius 1 is 1.16 bits per heavy atom. The molecule has 3 heterocycles. The van der Waals surface area contributed by atoms with Crippen molar-refractivity contribution < 1.29 is 4.79 Å². The van der Waals surface area contributed by atoms with E-state index in [-0.39, 0.29) is 0 Å². The van der Waals surface area contributed by atoms with E-state index in [0.717, 1.165) is 51.3 Å². The summed E-state index contributed by atoms with van der Waals surface area (Å²) in [5, 5.41) is 0.557. The van der Waals surface area contributed by atoms with E-state index in [1.54, 1.807) is 12.4 Å². The van der Waals surface area contributed by atoms with E-state index in [4.69, 9.17) is 11.6 Å². The van der Waals surface area contributed by atoms with Crippen LogP contribution in [0.25, 0.3) is 0 Å². The van der Waals surface area contributed by atoms with E-state index in [9.17, 15) is 4.79 Å². The molecule has 5 nitrogen and oxygen atoms in total. The molecule has 19 heavy (non-hydrogen) atoms. The van der Waals surface area contributed by atoms with Gasteiger partial charge in [0, 0.05) is 32.1 Å². The van der Waals surface area contributed by atoms with Gasteiger partial charge in [0.05, 0.1) is 17.4 Å². The second-order valence-electron chi connectivity index (χ2n) is 5.11. The zero-order chi connectivity index (χ0) is 13.2. The van der Waals surface area contributed by atoms with Gasteiger partial charge in [-0.05, 0) is 19.3 Å². The van der Waals surface area contributed by atoms with Crippen molar-refractivity contribution in [1.29, 1.82) is 0 Å². The maximum Gasteiger partial charge on any atom is 0.225 e. The summed E-state index contributed by atoms with van der Waals surface area (Å²) in [6.07, 6.45) is 6.98. The summed E-state index contributed by atoms with van der Waals surface area (Å²) in [4.78, 5) is 24.4. The van der Waals surface area contributed by atoms with Crippen molar-refractivity contribution in [3.05, 3.63) is 17.4 Å². The van der Waals surface area contributed by atoms with Crippen LogP contribution in [0.4, 0.5) is 5.95 Å². The number of likely N-dealkylation sites (tertiary alicyclic amines) is 1. The predicted molar refractivity (Wildman–Crippen MR) is 73.2 cm³/mol. The molecule has 0 radical (unpaired) electrons. The summed E-state index contributed by atoms with van der Waals surface area (Å²) in [5.41, 5.74) is 0. The normalized spacial score (nSPS) is 21.2. The third-order valence-corrected chi connectivity index (χ3v) is 4.10. The van der Waals surface area contributed by atoms with Gasteiger partial charge in [-0.3, -0.25) is 4.79 Å². The van der Waals surface area contributed by atoms with E-state index in [0.29, 0.717) is 17.0 Å². The highest BCUT2D eigenvalue weighted by Gasteiger charge is 2.31. The number of piperidine rings is 1. The standard InChI is InChI=1S/C13H17ClN4O/c14-10-8-15-13(16-9-10)17-6-3-11(4-7-17)18-5-1-2-12(18)19/h8-9,11H,1-7H2. The van der Waals surface area contributed by atoms with Gasteiger partial charge in [-0.15, -0.1) is 0 Å². The lowest BCUT2D eigenvalue weighted by atomic mass is 10.0. The summed E-state index contributed by atoms with van der Waals surface area (Å²) in [7, 11) is 0. The van der Waals surface area contributed by atoms with Crippen LogP contribution in [0.5, 0.6) is 0 Å². The van der Waals surface area contributed by atoms with Gasteiger partial charge in [0.25, 0.3) is 0 Å². The van der Waals surface area contributed by atoms with Gasteiger partial charge >= 0.3 is 0 Å². The molecule has 1 aromatic heterocycles. The summed E-state index contributed by atoms with van der Waals surface area (Å²) in [5.74, 6) is 1.05. The van der Waals surface area contributed by atoms with Gasteiger partial charge in [-0.1, -0.05) is 11.6 Å². The van der Waals surface area contributed by atoms with Crippen LogP contribution in [0, 0.1) is 0 Å². The van der Waals surface area contributed by atoms with Crippen LogP contribution >= 0.6 is 11.6 Å². The highest BCUT2D eigenvalue weighted by atomic mass is 35.5. The Balaban J connectivity index is 1.60. The molecule has 102 valence electrons. The minimum atomic E-state index is 0.321. The van der Waals surface area contributed by atoms with Crippen molar-refractivity contribution in [2.75, 3.05) is 24.5 Å². The second kappa shape index (κ2) is 5.33. The highest BCUT2D eigenvalue weighted by molar-refractivity contribution is 6.30. The molecule has 0 atom stereocenters. The molecule has 0 saturated carbocycles. The van der Waals surface area contributed by atoms with Crippen molar-refractivity contribution in [3.63, 3.8) is 0 Å². The van der Waals surface area contributed by atoms with Gasteiger partial charge in [0.1, 0.15) is 0 Å². The quantitative estimate of drug-likeness (QED) is 0.828. The molecule has 2 aliphatic heterocycles. The average molecular weight is 281 g/mol. The lowest BCUT2D eigenvalue weighted by Gasteiger charge is -2.36. The largest absolute Gasteiger partial charge is 0.341 e. The number of anilines is 1. The minimum absolute atomic E-state index is 0.321. The van der Waals surface area contributed by atoms with Gasteiger partial charge < -0.3 is 9.80 Å². The Morgan fingerprint density at radius 3 is 2.42 bits per heavy atom. The second-order valence-corrected chi connectivity index (χ2v) is 5.55. The summed E-state index contributed by atoms with van der Waals surface area (Å²) < 4.78 is 0. The summed E-state index contributed by atoms with van der Waals surface area (Å²) >= 11 is 5.79. The molecule has 0 bridgehead atoms. The van der Waals surface area contributed by atoms with Crippen molar-refractivity contribution in [2.45, 2.75) is 31.7 Å². The van der Waals surface area contributed by atoms with Gasteiger partial charge in [0.2, 0.25) is 11.9 Å². The number of nitrogens with zero attached hydrogens (tertiary/aromatic N) is 4. The number of carbonyl (C=O) groups is 1. The van der Waals surface area contributed by atoms with Crippen molar-refractivity contribution in [1.82, 2.24) is 14.9 Å². The van der Waals surface area contributed by atoms with E-state index >= 15 is 0 Å². The van der Waals surface area contributed by atoms with Gasteiger partial charge in [-0.2, -0.15) is 0 Å². The van der Waals surface area contributed by atoms with Crippen LogP contribution in [-0.2, 0) is 4.79 Å². The zero-order valence-corrected chi connectivity index (χ0v) is 11.5. The molecule has 0 unspecified atom stereocenters. The van der Waals surface area contributed by atoms with Crippen molar-refractivity contribution in [3.8, 4) is 0 Å². The number of rotatable bonds is 2. The third-order valence-electron chi connectivity index (χ3n) is 3.90. The van der Waals surface area contributed by atoms with Crippen LogP contribution in [0.2, 0.25) is 5.02 Å².